The number of carbonyl (C=O) groups excluding carboxylic acids is 2. The molecule has 1 fully saturated rings. The van der Waals surface area contributed by atoms with Crippen molar-refractivity contribution in [1.29, 1.82) is 0 Å². The zero-order valence-electron chi connectivity index (χ0n) is 15.4. The number of likely N-dealkylation sites (N-methyl/N-ethyl adjacent to an activating group) is 1. The summed E-state index contributed by atoms with van der Waals surface area (Å²) in [5.41, 5.74) is 0.599. The minimum absolute atomic E-state index is 0.0557. The molecule has 0 saturated carbocycles. The molecule has 6 nitrogen and oxygen atoms in total. The van der Waals surface area contributed by atoms with E-state index in [1.165, 1.54) is 0 Å². The van der Waals surface area contributed by atoms with Crippen LogP contribution in [0.2, 0.25) is 0 Å². The van der Waals surface area contributed by atoms with Crippen LogP contribution < -0.4 is 4.90 Å². The molecule has 1 N–H and O–H groups in total. The third-order valence-corrected chi connectivity index (χ3v) is 4.86. The van der Waals surface area contributed by atoms with E-state index in [0.717, 1.165) is 38.5 Å². The number of carbonyl (C=O) groups is 2. The standard InChI is InChI=1S/C18H29N3O3/c1-5-19-9-11-21(12-10-19)17(22)7-8-20(6-2)18(23)16-13-14(3)24-15(16)4/h13H,5-12H2,1-4H3/p+1. The average molecular weight is 336 g/mol. The van der Waals surface area contributed by atoms with Crippen molar-refractivity contribution < 1.29 is 18.9 Å². The first-order valence-corrected chi connectivity index (χ1v) is 8.93. The maximum atomic E-state index is 12.6. The lowest BCUT2D eigenvalue weighted by atomic mass is 10.2. The molecule has 0 aromatic carbocycles. The number of rotatable bonds is 6. The average Bonchev–Trinajstić information content (AvgIpc) is 2.93. The Morgan fingerprint density at radius 2 is 1.92 bits per heavy atom. The van der Waals surface area contributed by atoms with Gasteiger partial charge in [0.15, 0.2) is 0 Å². The van der Waals surface area contributed by atoms with Gasteiger partial charge in [-0.2, -0.15) is 0 Å². The molecule has 0 aliphatic carbocycles. The van der Waals surface area contributed by atoms with Gasteiger partial charge in [-0.15, -0.1) is 0 Å². The molecule has 1 aromatic rings. The number of amides is 2. The van der Waals surface area contributed by atoms with Gasteiger partial charge in [0, 0.05) is 19.5 Å². The predicted molar refractivity (Wildman–Crippen MR) is 92.2 cm³/mol. The lowest BCUT2D eigenvalue weighted by molar-refractivity contribution is -0.902. The number of furan rings is 1. The van der Waals surface area contributed by atoms with Gasteiger partial charge in [0.05, 0.1) is 38.3 Å². The maximum Gasteiger partial charge on any atom is 0.257 e. The molecule has 1 aromatic heterocycles. The van der Waals surface area contributed by atoms with Crippen LogP contribution in [0.4, 0.5) is 0 Å². The summed E-state index contributed by atoms with van der Waals surface area (Å²) in [6.07, 6.45) is 0.386. The van der Waals surface area contributed by atoms with E-state index < -0.39 is 0 Å². The molecular weight excluding hydrogens is 306 g/mol. The van der Waals surface area contributed by atoms with Crippen LogP contribution in [0.1, 0.15) is 42.1 Å². The highest BCUT2D eigenvalue weighted by Gasteiger charge is 2.24. The summed E-state index contributed by atoms with van der Waals surface area (Å²) in [4.78, 5) is 30.2. The molecule has 24 heavy (non-hydrogen) atoms. The lowest BCUT2D eigenvalue weighted by Gasteiger charge is -2.32. The predicted octanol–water partition coefficient (Wildman–Crippen LogP) is 0.496. The Kier molecular flexibility index (Phi) is 6.43. The summed E-state index contributed by atoms with van der Waals surface area (Å²) in [5, 5.41) is 0. The van der Waals surface area contributed by atoms with Crippen LogP contribution in [0, 0.1) is 13.8 Å². The molecule has 1 aliphatic heterocycles. The van der Waals surface area contributed by atoms with Crippen molar-refractivity contribution in [3.63, 3.8) is 0 Å². The van der Waals surface area contributed by atoms with Crippen LogP contribution in [0.5, 0.6) is 0 Å². The van der Waals surface area contributed by atoms with Gasteiger partial charge in [0.1, 0.15) is 11.5 Å². The molecule has 6 heteroatoms. The second-order valence-corrected chi connectivity index (χ2v) is 6.45. The number of piperazine rings is 1. The Morgan fingerprint density at radius 1 is 1.25 bits per heavy atom. The lowest BCUT2D eigenvalue weighted by Crippen LogP contribution is -3.14. The highest BCUT2D eigenvalue weighted by molar-refractivity contribution is 5.95. The monoisotopic (exact) mass is 336 g/mol. The summed E-state index contributed by atoms with van der Waals surface area (Å²) < 4.78 is 5.45. The zero-order chi connectivity index (χ0) is 17.7. The second kappa shape index (κ2) is 8.33. The van der Waals surface area contributed by atoms with E-state index in [1.807, 2.05) is 18.7 Å². The third-order valence-electron chi connectivity index (χ3n) is 4.86. The molecule has 1 aliphatic rings. The van der Waals surface area contributed by atoms with Gasteiger partial charge in [-0.3, -0.25) is 9.59 Å². The fraction of sp³-hybridized carbons (Fsp3) is 0.667. The van der Waals surface area contributed by atoms with Crippen LogP contribution in [-0.2, 0) is 4.79 Å². The van der Waals surface area contributed by atoms with Gasteiger partial charge in [0.25, 0.3) is 5.91 Å². The summed E-state index contributed by atoms with van der Waals surface area (Å²) in [7, 11) is 0. The minimum atomic E-state index is -0.0557. The number of nitrogens with zero attached hydrogens (tertiary/aromatic N) is 2. The first-order chi connectivity index (χ1) is 11.5. The van der Waals surface area contributed by atoms with E-state index in [-0.39, 0.29) is 11.8 Å². The Labute approximate surface area is 144 Å². The molecule has 134 valence electrons. The highest BCUT2D eigenvalue weighted by Crippen LogP contribution is 2.16. The summed E-state index contributed by atoms with van der Waals surface area (Å²) in [6.45, 7) is 13.6. The summed E-state index contributed by atoms with van der Waals surface area (Å²) >= 11 is 0. The van der Waals surface area contributed by atoms with Crippen LogP contribution in [-0.4, -0.2) is 67.4 Å². The minimum Gasteiger partial charge on any atom is -0.466 e. The van der Waals surface area contributed by atoms with Crippen molar-refractivity contribution in [2.45, 2.75) is 34.1 Å². The molecule has 1 saturated heterocycles. The summed E-state index contributed by atoms with van der Waals surface area (Å²) in [6, 6.07) is 1.77. The van der Waals surface area contributed by atoms with E-state index >= 15 is 0 Å². The Hall–Kier alpha value is -1.82. The topological polar surface area (TPSA) is 58.2 Å². The van der Waals surface area contributed by atoms with E-state index in [9.17, 15) is 9.59 Å². The van der Waals surface area contributed by atoms with Crippen molar-refractivity contribution >= 4 is 11.8 Å². The van der Waals surface area contributed by atoms with Gasteiger partial charge in [0.2, 0.25) is 5.91 Å². The van der Waals surface area contributed by atoms with Crippen LogP contribution in [0.3, 0.4) is 0 Å². The first-order valence-electron chi connectivity index (χ1n) is 8.93. The molecule has 0 atom stereocenters. The van der Waals surface area contributed by atoms with E-state index in [0.29, 0.717) is 30.8 Å². The molecule has 2 heterocycles. The molecular formula is C18H30N3O3+. The number of nitrogens with one attached hydrogen (secondary N) is 1. The SMILES string of the molecule is CCN(CCC(=O)N1CC[NH+](CC)CC1)C(=O)c1cc(C)oc1C. The zero-order valence-corrected chi connectivity index (χ0v) is 15.4. The van der Waals surface area contributed by atoms with Crippen molar-refractivity contribution in [3.05, 3.63) is 23.2 Å². The number of hydrogen-bond acceptors (Lipinski definition) is 3. The largest absolute Gasteiger partial charge is 0.466 e. The van der Waals surface area contributed by atoms with E-state index in [2.05, 4.69) is 6.92 Å². The van der Waals surface area contributed by atoms with Gasteiger partial charge < -0.3 is 19.1 Å². The van der Waals surface area contributed by atoms with Crippen LogP contribution in [0.15, 0.2) is 10.5 Å². The molecule has 2 rings (SSSR count). The van der Waals surface area contributed by atoms with Crippen LogP contribution >= 0.6 is 0 Å². The molecule has 2 amide bonds. The van der Waals surface area contributed by atoms with Gasteiger partial charge in [-0.1, -0.05) is 0 Å². The quantitative estimate of drug-likeness (QED) is 0.823. The number of aryl methyl sites for hydroxylation is 2. The highest BCUT2D eigenvalue weighted by atomic mass is 16.3. The molecule has 0 radical (unpaired) electrons. The van der Waals surface area contributed by atoms with E-state index in [1.54, 1.807) is 22.8 Å². The third kappa shape index (κ3) is 4.38. The second-order valence-electron chi connectivity index (χ2n) is 6.45. The van der Waals surface area contributed by atoms with Crippen molar-refractivity contribution in [1.82, 2.24) is 9.80 Å². The van der Waals surface area contributed by atoms with Crippen molar-refractivity contribution in [2.75, 3.05) is 45.8 Å². The Morgan fingerprint density at radius 3 is 2.42 bits per heavy atom. The van der Waals surface area contributed by atoms with Gasteiger partial charge >= 0.3 is 0 Å². The van der Waals surface area contributed by atoms with Crippen LogP contribution in [0.25, 0.3) is 0 Å². The fourth-order valence-corrected chi connectivity index (χ4v) is 3.23. The van der Waals surface area contributed by atoms with E-state index in [4.69, 9.17) is 4.42 Å². The Balaban J connectivity index is 1.88. The Bertz CT molecular complexity index is 574. The smallest absolute Gasteiger partial charge is 0.257 e. The van der Waals surface area contributed by atoms with Gasteiger partial charge in [-0.25, -0.2) is 0 Å². The molecule has 0 unspecified atom stereocenters. The normalized spacial score (nSPS) is 15.6. The molecule has 0 bridgehead atoms. The number of hydrogen-bond donors (Lipinski definition) is 1. The molecule has 0 spiro atoms. The van der Waals surface area contributed by atoms with Crippen molar-refractivity contribution in [2.24, 2.45) is 0 Å². The maximum absolute atomic E-state index is 12.6. The first kappa shape index (κ1) is 18.5. The van der Waals surface area contributed by atoms with Gasteiger partial charge in [-0.05, 0) is 33.8 Å². The van der Waals surface area contributed by atoms with Crippen molar-refractivity contribution in [3.8, 4) is 0 Å². The summed E-state index contributed by atoms with van der Waals surface area (Å²) in [5.74, 6) is 1.47. The fourth-order valence-electron chi connectivity index (χ4n) is 3.23. The number of quaternary nitrogens is 1.